The third-order valence-electron chi connectivity index (χ3n) is 4.00. The van der Waals surface area contributed by atoms with Crippen molar-refractivity contribution in [3.8, 4) is 5.75 Å². The molecule has 0 atom stereocenters. The summed E-state index contributed by atoms with van der Waals surface area (Å²) in [5.41, 5.74) is 0.339. The van der Waals surface area contributed by atoms with E-state index in [4.69, 9.17) is 4.42 Å². The number of halogens is 3. The van der Waals surface area contributed by atoms with E-state index in [-0.39, 0.29) is 27.6 Å². The lowest BCUT2D eigenvalue weighted by Gasteiger charge is -2.11. The summed E-state index contributed by atoms with van der Waals surface area (Å²) < 4.78 is 44.5. The Kier molecular flexibility index (Phi) is 4.46. The number of hydrogen-bond donors (Lipinski definition) is 1. The number of aromatic nitrogens is 2. The van der Waals surface area contributed by atoms with Crippen molar-refractivity contribution in [3.63, 3.8) is 0 Å². The number of nitrogens with zero attached hydrogens (tertiary/aromatic N) is 2. The molecule has 0 aliphatic heterocycles. The summed E-state index contributed by atoms with van der Waals surface area (Å²) in [5, 5.41) is 10.8. The monoisotopic (exact) mass is 404 g/mol. The highest BCUT2D eigenvalue weighted by Gasteiger charge is 2.35. The number of fused-ring (bicyclic) bond motifs is 2. The molecule has 0 bridgehead atoms. The Balaban J connectivity index is 1.77. The minimum atomic E-state index is -4.67. The topological polar surface area (TPSA) is 76.2 Å². The Morgan fingerprint density at radius 1 is 1.04 bits per heavy atom. The van der Waals surface area contributed by atoms with E-state index in [2.05, 4.69) is 9.97 Å². The van der Waals surface area contributed by atoms with Gasteiger partial charge < -0.3 is 9.52 Å². The Morgan fingerprint density at radius 3 is 2.61 bits per heavy atom. The molecule has 2 aromatic heterocycles. The number of alkyl halides is 3. The first-order chi connectivity index (χ1) is 13.3. The normalized spacial score (nSPS) is 12.0. The lowest BCUT2D eigenvalue weighted by molar-refractivity contribution is -0.145. The molecule has 0 saturated heterocycles. The van der Waals surface area contributed by atoms with Crippen molar-refractivity contribution in [1.29, 1.82) is 0 Å². The van der Waals surface area contributed by atoms with Crippen molar-refractivity contribution in [2.24, 2.45) is 0 Å². The highest BCUT2D eigenvalue weighted by atomic mass is 32.2. The maximum Gasteiger partial charge on any atom is 0.451 e. The van der Waals surface area contributed by atoms with Gasteiger partial charge in [-0.05, 0) is 23.8 Å². The van der Waals surface area contributed by atoms with Crippen LogP contribution in [0.2, 0.25) is 0 Å². The molecule has 2 heterocycles. The predicted octanol–water partition coefficient (Wildman–Crippen LogP) is 4.75. The molecular weight excluding hydrogens is 393 g/mol. The lowest BCUT2D eigenvalue weighted by atomic mass is 10.1. The van der Waals surface area contributed by atoms with Crippen LogP contribution in [0.15, 0.2) is 62.8 Å². The van der Waals surface area contributed by atoms with E-state index in [0.717, 1.165) is 11.8 Å². The van der Waals surface area contributed by atoms with E-state index in [1.165, 1.54) is 24.3 Å². The van der Waals surface area contributed by atoms with Gasteiger partial charge in [0.25, 0.3) is 0 Å². The molecule has 9 heteroatoms. The maximum atomic E-state index is 13.1. The van der Waals surface area contributed by atoms with Crippen LogP contribution in [-0.2, 0) is 11.9 Å². The predicted molar refractivity (Wildman–Crippen MR) is 98.2 cm³/mol. The third kappa shape index (κ3) is 3.53. The molecule has 0 unspecified atom stereocenters. The van der Waals surface area contributed by atoms with Gasteiger partial charge in [-0.3, -0.25) is 0 Å². The maximum absolute atomic E-state index is 13.1. The average Bonchev–Trinajstić information content (AvgIpc) is 2.64. The van der Waals surface area contributed by atoms with Crippen LogP contribution in [0.3, 0.4) is 0 Å². The quantitative estimate of drug-likeness (QED) is 0.302. The molecule has 0 spiro atoms. The van der Waals surface area contributed by atoms with E-state index < -0.39 is 17.6 Å². The molecule has 2 aromatic carbocycles. The van der Waals surface area contributed by atoms with Gasteiger partial charge >= 0.3 is 11.8 Å². The number of thioether (sulfide) groups is 1. The molecule has 0 saturated carbocycles. The Morgan fingerprint density at radius 2 is 1.82 bits per heavy atom. The average molecular weight is 404 g/mol. The fraction of sp³-hybridized carbons (Fsp3) is 0.105. The second kappa shape index (κ2) is 6.83. The first kappa shape index (κ1) is 18.3. The minimum absolute atomic E-state index is 0.0583. The summed E-state index contributed by atoms with van der Waals surface area (Å²) in [7, 11) is 0. The largest absolute Gasteiger partial charge is 0.508 e. The van der Waals surface area contributed by atoms with Crippen molar-refractivity contribution in [3.05, 3.63) is 70.3 Å². The second-order valence-electron chi connectivity index (χ2n) is 5.93. The number of hydrogen-bond acceptors (Lipinski definition) is 6. The van der Waals surface area contributed by atoms with Crippen molar-refractivity contribution < 1.29 is 22.7 Å². The SMILES string of the molecule is O=c1cc(CSc2nc(C(F)(F)F)nc3ccccc23)c2ccc(O)cc2o1. The zero-order valence-corrected chi connectivity index (χ0v) is 14.8. The molecular formula is C19H11F3N2O3S. The summed E-state index contributed by atoms with van der Waals surface area (Å²) in [4.78, 5) is 19.1. The Labute approximate surface area is 159 Å². The molecule has 0 amide bonds. The van der Waals surface area contributed by atoms with Crippen molar-refractivity contribution in [1.82, 2.24) is 9.97 Å². The fourth-order valence-corrected chi connectivity index (χ4v) is 3.78. The molecule has 1 N–H and O–H groups in total. The number of phenolic OH excluding ortho intramolecular Hbond substituents is 1. The van der Waals surface area contributed by atoms with Gasteiger partial charge in [0.2, 0.25) is 5.82 Å². The van der Waals surface area contributed by atoms with Crippen LogP contribution in [-0.4, -0.2) is 15.1 Å². The van der Waals surface area contributed by atoms with Crippen LogP contribution >= 0.6 is 11.8 Å². The first-order valence-corrected chi connectivity index (χ1v) is 9.02. The molecule has 4 aromatic rings. The smallest absolute Gasteiger partial charge is 0.451 e. The summed E-state index contributed by atoms with van der Waals surface area (Å²) in [6, 6.07) is 12.1. The standard InChI is InChI=1S/C19H11F3N2O3S/c20-19(21,22)18-23-14-4-2-1-3-13(14)17(24-18)28-9-10-7-16(26)27-15-8-11(25)5-6-12(10)15/h1-8,25H,9H2. The van der Waals surface area contributed by atoms with Crippen LogP contribution in [0.25, 0.3) is 21.9 Å². The highest BCUT2D eigenvalue weighted by molar-refractivity contribution is 7.98. The molecule has 0 aliphatic carbocycles. The zero-order valence-electron chi connectivity index (χ0n) is 14.0. The van der Waals surface area contributed by atoms with Crippen LogP contribution in [0.4, 0.5) is 13.2 Å². The van der Waals surface area contributed by atoms with E-state index in [1.807, 2.05) is 0 Å². The van der Waals surface area contributed by atoms with Gasteiger partial charge in [-0.1, -0.05) is 18.2 Å². The van der Waals surface area contributed by atoms with Crippen molar-refractivity contribution in [2.75, 3.05) is 0 Å². The highest BCUT2D eigenvalue weighted by Crippen LogP contribution is 2.34. The second-order valence-corrected chi connectivity index (χ2v) is 6.89. The number of aromatic hydroxyl groups is 1. The molecule has 0 aliphatic rings. The molecule has 5 nitrogen and oxygen atoms in total. The van der Waals surface area contributed by atoms with Gasteiger partial charge in [-0.25, -0.2) is 14.8 Å². The van der Waals surface area contributed by atoms with Crippen LogP contribution in [0.1, 0.15) is 11.4 Å². The molecule has 0 fully saturated rings. The van der Waals surface area contributed by atoms with E-state index >= 15 is 0 Å². The van der Waals surface area contributed by atoms with Crippen LogP contribution in [0, 0.1) is 0 Å². The Hall–Kier alpha value is -3.07. The van der Waals surface area contributed by atoms with E-state index in [0.29, 0.717) is 16.3 Å². The molecule has 28 heavy (non-hydrogen) atoms. The van der Waals surface area contributed by atoms with E-state index in [1.54, 1.807) is 24.3 Å². The zero-order chi connectivity index (χ0) is 19.9. The Bertz CT molecular complexity index is 1250. The first-order valence-electron chi connectivity index (χ1n) is 8.04. The van der Waals surface area contributed by atoms with Crippen LogP contribution < -0.4 is 5.63 Å². The number of benzene rings is 2. The number of phenols is 1. The van der Waals surface area contributed by atoms with Gasteiger partial charge in [0, 0.05) is 28.7 Å². The van der Waals surface area contributed by atoms with Crippen LogP contribution in [0.5, 0.6) is 5.75 Å². The summed E-state index contributed by atoms with van der Waals surface area (Å²) in [5.74, 6) is -1.08. The van der Waals surface area contributed by atoms with Gasteiger partial charge in [-0.15, -0.1) is 11.8 Å². The summed E-state index contributed by atoms with van der Waals surface area (Å²) >= 11 is 1.07. The summed E-state index contributed by atoms with van der Waals surface area (Å²) in [6.45, 7) is 0. The van der Waals surface area contributed by atoms with Crippen molar-refractivity contribution >= 4 is 33.6 Å². The number of para-hydroxylation sites is 1. The minimum Gasteiger partial charge on any atom is -0.508 e. The molecule has 4 rings (SSSR count). The fourth-order valence-electron chi connectivity index (χ4n) is 2.77. The van der Waals surface area contributed by atoms with Crippen molar-refractivity contribution in [2.45, 2.75) is 17.0 Å². The van der Waals surface area contributed by atoms with Gasteiger partial charge in [-0.2, -0.15) is 13.2 Å². The molecule has 142 valence electrons. The van der Waals surface area contributed by atoms with Gasteiger partial charge in [0.15, 0.2) is 0 Å². The lowest BCUT2D eigenvalue weighted by Crippen LogP contribution is -2.11. The van der Waals surface area contributed by atoms with E-state index in [9.17, 15) is 23.1 Å². The third-order valence-corrected chi connectivity index (χ3v) is 5.04. The van der Waals surface area contributed by atoms with Gasteiger partial charge in [0.1, 0.15) is 16.4 Å². The molecule has 0 radical (unpaired) electrons. The summed E-state index contributed by atoms with van der Waals surface area (Å²) in [6.07, 6.45) is -4.67. The van der Waals surface area contributed by atoms with Gasteiger partial charge in [0.05, 0.1) is 5.52 Å². The number of rotatable bonds is 3.